The molecule has 2 atom stereocenters. The van der Waals surface area contributed by atoms with Gasteiger partial charge >= 0.3 is 17.9 Å². The highest BCUT2D eigenvalue weighted by molar-refractivity contribution is 5.71. The fourth-order valence-electron chi connectivity index (χ4n) is 9.85. The Labute approximate surface area is 438 Å². The molecule has 0 radical (unpaired) electrons. The van der Waals surface area contributed by atoms with Crippen molar-refractivity contribution in [1.82, 2.24) is 0 Å². The molecule has 416 valence electrons. The minimum absolute atomic E-state index is 0.0635. The lowest BCUT2D eigenvalue weighted by atomic mass is 10.00. The fourth-order valence-corrected chi connectivity index (χ4v) is 9.85. The maximum atomic E-state index is 12.9. The smallest absolute Gasteiger partial charge is 0.306 e. The zero-order valence-electron chi connectivity index (χ0n) is 48.3. The molecule has 0 aliphatic rings. The van der Waals surface area contributed by atoms with Gasteiger partial charge in [0.25, 0.3) is 0 Å². The van der Waals surface area contributed by atoms with Crippen molar-refractivity contribution < 1.29 is 28.6 Å². The first kappa shape index (κ1) is 68.4. The summed E-state index contributed by atoms with van der Waals surface area (Å²) in [5.74, 6) is 1.69. The molecule has 0 aromatic rings. The molecule has 70 heavy (non-hydrogen) atoms. The summed E-state index contributed by atoms with van der Waals surface area (Å²) in [6.07, 6.45) is 59.7. The van der Waals surface area contributed by atoms with E-state index in [0.29, 0.717) is 19.3 Å². The topological polar surface area (TPSA) is 78.9 Å². The number of carbonyl (C=O) groups is 3. The second-order valence-electron chi connectivity index (χ2n) is 23.2. The molecule has 1 unspecified atom stereocenters. The van der Waals surface area contributed by atoms with E-state index in [1.165, 1.54) is 238 Å². The van der Waals surface area contributed by atoms with E-state index in [0.717, 1.165) is 75.5 Å². The molecular formula is C64H124O6. The third-order valence-corrected chi connectivity index (χ3v) is 15.0. The van der Waals surface area contributed by atoms with Gasteiger partial charge in [0, 0.05) is 19.3 Å². The summed E-state index contributed by atoms with van der Waals surface area (Å²) in [5.41, 5.74) is 0. The summed E-state index contributed by atoms with van der Waals surface area (Å²) >= 11 is 0. The molecule has 0 heterocycles. The third kappa shape index (κ3) is 55.7. The standard InChI is InChI=1S/C64H124O6/c1-7-60(6)52-46-40-36-37-42-48-54-63(66)69-57-61(70-64(67)55-49-43-35-31-27-23-19-15-11-9-13-17-21-25-29-33-39-45-51-59(4)5)56-68-62(65)53-47-41-34-30-26-22-18-14-10-8-12-16-20-24-28-32-38-44-50-58(2)3/h58-61H,7-57H2,1-6H3/t60?,61-/m0/s1. The average molecular weight is 990 g/mol. The SMILES string of the molecule is CCC(C)CCCCCCCCC(=O)OC[C@H](COC(=O)CCCCCCCCCCCCCCCCCCCCC(C)C)OC(=O)CCCCCCCCCCCCCCCCCCCCC(C)C. The van der Waals surface area contributed by atoms with Crippen LogP contribution in [-0.2, 0) is 28.6 Å². The highest BCUT2D eigenvalue weighted by Crippen LogP contribution is 2.19. The Balaban J connectivity index is 4.19. The largest absolute Gasteiger partial charge is 0.462 e. The minimum Gasteiger partial charge on any atom is -0.462 e. The summed E-state index contributed by atoms with van der Waals surface area (Å²) in [7, 11) is 0. The molecule has 0 amide bonds. The van der Waals surface area contributed by atoms with Crippen molar-refractivity contribution in [2.75, 3.05) is 13.2 Å². The van der Waals surface area contributed by atoms with E-state index >= 15 is 0 Å². The van der Waals surface area contributed by atoms with Gasteiger partial charge in [-0.15, -0.1) is 0 Å². The lowest BCUT2D eigenvalue weighted by molar-refractivity contribution is -0.167. The Morgan fingerprint density at radius 1 is 0.286 bits per heavy atom. The van der Waals surface area contributed by atoms with E-state index in [-0.39, 0.29) is 31.1 Å². The molecule has 0 bridgehead atoms. The zero-order chi connectivity index (χ0) is 51.2. The normalized spacial score (nSPS) is 12.5. The molecule has 6 nitrogen and oxygen atoms in total. The Kier molecular flexibility index (Phi) is 53.9. The second kappa shape index (κ2) is 55.2. The predicted octanol–water partition coefficient (Wildman–Crippen LogP) is 21.1. The Hall–Kier alpha value is -1.59. The first-order valence-corrected chi connectivity index (χ1v) is 31.6. The first-order chi connectivity index (χ1) is 34.1. The van der Waals surface area contributed by atoms with Gasteiger partial charge in [-0.05, 0) is 37.0 Å². The number of ether oxygens (including phenoxy) is 3. The molecule has 0 saturated heterocycles. The van der Waals surface area contributed by atoms with Gasteiger partial charge in [-0.3, -0.25) is 14.4 Å². The van der Waals surface area contributed by atoms with Crippen molar-refractivity contribution in [3.8, 4) is 0 Å². The third-order valence-electron chi connectivity index (χ3n) is 15.0. The molecule has 0 N–H and O–H groups in total. The maximum Gasteiger partial charge on any atom is 0.306 e. The molecule has 0 aliphatic carbocycles. The van der Waals surface area contributed by atoms with Crippen LogP contribution >= 0.6 is 0 Å². The highest BCUT2D eigenvalue weighted by Gasteiger charge is 2.19. The van der Waals surface area contributed by atoms with Crippen molar-refractivity contribution in [2.45, 2.75) is 362 Å². The number of rotatable bonds is 57. The van der Waals surface area contributed by atoms with Crippen molar-refractivity contribution in [3.05, 3.63) is 0 Å². The monoisotopic (exact) mass is 989 g/mol. The van der Waals surface area contributed by atoms with Gasteiger partial charge in [-0.1, -0.05) is 318 Å². The molecular weight excluding hydrogens is 865 g/mol. The van der Waals surface area contributed by atoms with Crippen molar-refractivity contribution in [2.24, 2.45) is 17.8 Å². The maximum absolute atomic E-state index is 12.9. The Morgan fingerprint density at radius 3 is 0.743 bits per heavy atom. The number of hydrogen-bond donors (Lipinski definition) is 0. The lowest BCUT2D eigenvalue weighted by Gasteiger charge is -2.18. The quantitative estimate of drug-likeness (QED) is 0.0343. The predicted molar refractivity (Wildman–Crippen MR) is 303 cm³/mol. The van der Waals surface area contributed by atoms with Gasteiger partial charge in [-0.2, -0.15) is 0 Å². The van der Waals surface area contributed by atoms with E-state index in [9.17, 15) is 14.4 Å². The number of unbranched alkanes of at least 4 members (excludes halogenated alkanes) is 39. The summed E-state index contributed by atoms with van der Waals surface area (Å²) in [6.45, 7) is 13.8. The summed E-state index contributed by atoms with van der Waals surface area (Å²) in [5, 5.41) is 0. The first-order valence-electron chi connectivity index (χ1n) is 31.6. The van der Waals surface area contributed by atoms with Crippen LogP contribution in [0, 0.1) is 17.8 Å². The van der Waals surface area contributed by atoms with E-state index < -0.39 is 6.10 Å². The number of hydrogen-bond acceptors (Lipinski definition) is 6. The van der Waals surface area contributed by atoms with Crippen LogP contribution in [0.1, 0.15) is 356 Å². The van der Waals surface area contributed by atoms with Gasteiger partial charge < -0.3 is 14.2 Å². The van der Waals surface area contributed by atoms with E-state index in [4.69, 9.17) is 14.2 Å². The summed E-state index contributed by atoms with van der Waals surface area (Å²) < 4.78 is 16.9. The summed E-state index contributed by atoms with van der Waals surface area (Å²) in [4.78, 5) is 38.2. The Morgan fingerprint density at radius 2 is 0.500 bits per heavy atom. The van der Waals surface area contributed by atoms with Crippen LogP contribution in [0.4, 0.5) is 0 Å². The van der Waals surface area contributed by atoms with Crippen LogP contribution in [0.25, 0.3) is 0 Å². The van der Waals surface area contributed by atoms with E-state index in [2.05, 4.69) is 41.5 Å². The van der Waals surface area contributed by atoms with Crippen LogP contribution < -0.4 is 0 Å². The van der Waals surface area contributed by atoms with Gasteiger partial charge in [-0.25, -0.2) is 0 Å². The molecule has 6 heteroatoms. The van der Waals surface area contributed by atoms with Gasteiger partial charge in [0.1, 0.15) is 13.2 Å². The van der Waals surface area contributed by atoms with Crippen molar-refractivity contribution in [3.63, 3.8) is 0 Å². The van der Waals surface area contributed by atoms with Gasteiger partial charge in [0.2, 0.25) is 0 Å². The van der Waals surface area contributed by atoms with Crippen molar-refractivity contribution >= 4 is 17.9 Å². The second-order valence-corrected chi connectivity index (χ2v) is 23.2. The summed E-state index contributed by atoms with van der Waals surface area (Å²) in [6, 6.07) is 0. The van der Waals surface area contributed by atoms with Crippen LogP contribution in [-0.4, -0.2) is 37.2 Å². The van der Waals surface area contributed by atoms with Gasteiger partial charge in [0.05, 0.1) is 0 Å². The van der Waals surface area contributed by atoms with Crippen LogP contribution in [0.5, 0.6) is 0 Å². The number of carbonyl (C=O) groups excluding carboxylic acids is 3. The molecule has 0 aromatic carbocycles. The molecule has 0 rings (SSSR count). The molecule has 0 aliphatic heterocycles. The van der Waals surface area contributed by atoms with E-state index in [1.807, 2.05) is 0 Å². The lowest BCUT2D eigenvalue weighted by Crippen LogP contribution is -2.30. The number of esters is 3. The molecule has 0 saturated carbocycles. The highest BCUT2D eigenvalue weighted by atomic mass is 16.6. The molecule has 0 spiro atoms. The van der Waals surface area contributed by atoms with Crippen LogP contribution in [0.15, 0.2) is 0 Å². The Bertz CT molecular complexity index is 1090. The fraction of sp³-hybridized carbons (Fsp3) is 0.953. The van der Waals surface area contributed by atoms with Crippen LogP contribution in [0.2, 0.25) is 0 Å². The molecule has 0 aromatic heterocycles. The van der Waals surface area contributed by atoms with E-state index in [1.54, 1.807) is 0 Å². The van der Waals surface area contributed by atoms with Crippen molar-refractivity contribution in [1.29, 1.82) is 0 Å². The van der Waals surface area contributed by atoms with Gasteiger partial charge in [0.15, 0.2) is 6.10 Å². The van der Waals surface area contributed by atoms with Crippen LogP contribution in [0.3, 0.4) is 0 Å². The average Bonchev–Trinajstić information content (AvgIpc) is 3.33. The zero-order valence-corrected chi connectivity index (χ0v) is 48.3. The molecule has 0 fully saturated rings. The minimum atomic E-state index is -0.765.